The van der Waals surface area contributed by atoms with Crippen molar-refractivity contribution in [2.45, 2.75) is 32.2 Å². The van der Waals surface area contributed by atoms with Crippen molar-refractivity contribution < 1.29 is 9.90 Å². The van der Waals surface area contributed by atoms with E-state index in [2.05, 4.69) is 30.0 Å². The summed E-state index contributed by atoms with van der Waals surface area (Å²) in [5, 5.41) is 9.12. The van der Waals surface area contributed by atoms with E-state index in [0.717, 1.165) is 19.3 Å². The van der Waals surface area contributed by atoms with Gasteiger partial charge in [-0.1, -0.05) is 17.7 Å². The van der Waals surface area contributed by atoms with Gasteiger partial charge in [0.15, 0.2) is 0 Å². The zero-order chi connectivity index (χ0) is 12.0. The molecule has 2 atom stereocenters. The maximum Gasteiger partial charge on any atom is 0.308 e. The second-order valence-electron chi connectivity index (χ2n) is 5.25. The van der Waals surface area contributed by atoms with Crippen LogP contribution in [0.5, 0.6) is 0 Å². The van der Waals surface area contributed by atoms with Crippen LogP contribution in [0.4, 0.5) is 5.69 Å². The summed E-state index contributed by atoms with van der Waals surface area (Å²) in [7, 11) is 0. The molecule has 2 aliphatic heterocycles. The Morgan fingerprint density at radius 1 is 1.41 bits per heavy atom. The number of aliphatic carboxylic acids is 1. The van der Waals surface area contributed by atoms with Gasteiger partial charge in [0.05, 0.1) is 5.92 Å². The van der Waals surface area contributed by atoms with Crippen LogP contribution in [-0.4, -0.2) is 23.7 Å². The highest BCUT2D eigenvalue weighted by molar-refractivity contribution is 5.72. The lowest BCUT2D eigenvalue weighted by Crippen LogP contribution is -2.43. The monoisotopic (exact) mass is 231 g/mol. The van der Waals surface area contributed by atoms with Crippen LogP contribution in [0.25, 0.3) is 0 Å². The highest BCUT2D eigenvalue weighted by atomic mass is 16.4. The quantitative estimate of drug-likeness (QED) is 0.805. The molecule has 1 fully saturated rings. The zero-order valence-electron chi connectivity index (χ0n) is 10.0. The predicted octanol–water partition coefficient (Wildman–Crippen LogP) is 2.22. The topological polar surface area (TPSA) is 40.5 Å². The van der Waals surface area contributed by atoms with Crippen LogP contribution >= 0.6 is 0 Å². The number of benzene rings is 1. The second-order valence-corrected chi connectivity index (χ2v) is 5.25. The van der Waals surface area contributed by atoms with Gasteiger partial charge < -0.3 is 10.0 Å². The average molecular weight is 231 g/mol. The lowest BCUT2D eigenvalue weighted by Gasteiger charge is -2.35. The predicted molar refractivity (Wildman–Crippen MR) is 66.4 cm³/mol. The molecule has 0 amide bonds. The number of fused-ring (bicyclic) bond motifs is 3. The minimum atomic E-state index is -0.649. The van der Waals surface area contributed by atoms with E-state index in [9.17, 15) is 4.79 Å². The largest absolute Gasteiger partial charge is 0.481 e. The number of hydrogen-bond acceptors (Lipinski definition) is 2. The molecule has 1 N–H and O–H groups in total. The Labute approximate surface area is 101 Å². The van der Waals surface area contributed by atoms with Gasteiger partial charge in [-0.25, -0.2) is 0 Å². The minimum absolute atomic E-state index is 0.196. The van der Waals surface area contributed by atoms with E-state index in [1.54, 1.807) is 0 Å². The van der Waals surface area contributed by atoms with E-state index in [0.29, 0.717) is 12.6 Å². The van der Waals surface area contributed by atoms with E-state index >= 15 is 0 Å². The molecular weight excluding hydrogens is 214 g/mol. The lowest BCUT2D eigenvalue weighted by atomic mass is 9.93. The number of nitrogens with zero attached hydrogens (tertiary/aromatic N) is 1. The lowest BCUT2D eigenvalue weighted by molar-refractivity contribution is -0.142. The van der Waals surface area contributed by atoms with Crippen LogP contribution in [-0.2, 0) is 11.2 Å². The molecule has 0 spiro atoms. The summed E-state index contributed by atoms with van der Waals surface area (Å²) >= 11 is 0. The van der Waals surface area contributed by atoms with Crippen molar-refractivity contribution in [3.8, 4) is 0 Å². The summed E-state index contributed by atoms with van der Waals surface area (Å²) in [6.07, 6.45) is 2.91. The zero-order valence-corrected chi connectivity index (χ0v) is 10.0. The summed E-state index contributed by atoms with van der Waals surface area (Å²) in [5.41, 5.74) is 3.94. The molecule has 0 aliphatic carbocycles. The van der Waals surface area contributed by atoms with E-state index in [-0.39, 0.29) is 5.92 Å². The summed E-state index contributed by atoms with van der Waals surface area (Å²) in [4.78, 5) is 13.4. The molecule has 1 aromatic rings. The summed E-state index contributed by atoms with van der Waals surface area (Å²) in [5.74, 6) is -0.845. The molecule has 1 saturated heterocycles. The van der Waals surface area contributed by atoms with Crippen molar-refractivity contribution in [3.05, 3.63) is 29.3 Å². The molecule has 0 bridgehead atoms. The number of rotatable bonds is 1. The molecule has 2 unspecified atom stereocenters. The first kappa shape index (κ1) is 10.6. The highest BCUT2D eigenvalue weighted by Gasteiger charge is 2.36. The average Bonchev–Trinajstić information content (AvgIpc) is 2.64. The van der Waals surface area contributed by atoms with Crippen molar-refractivity contribution in [1.82, 2.24) is 0 Å². The van der Waals surface area contributed by atoms with E-state index < -0.39 is 5.97 Å². The van der Waals surface area contributed by atoms with Gasteiger partial charge in [-0.05, 0) is 37.8 Å². The maximum atomic E-state index is 11.1. The molecule has 0 aromatic heterocycles. The highest BCUT2D eigenvalue weighted by Crippen LogP contribution is 2.38. The van der Waals surface area contributed by atoms with Gasteiger partial charge in [0.25, 0.3) is 0 Å². The first-order valence-corrected chi connectivity index (χ1v) is 6.24. The summed E-state index contributed by atoms with van der Waals surface area (Å²) < 4.78 is 0. The molecule has 1 aromatic carbocycles. The van der Waals surface area contributed by atoms with Crippen LogP contribution in [0, 0.1) is 12.8 Å². The molecule has 3 heteroatoms. The standard InChI is InChI=1S/C14H17NO2/c1-9-2-5-13-11(6-9)7-12-4-3-10(14(16)17)8-15(12)13/h2,5-6,10,12H,3-4,7-8H2,1H3,(H,16,17). The van der Waals surface area contributed by atoms with Gasteiger partial charge in [-0.3, -0.25) is 4.79 Å². The van der Waals surface area contributed by atoms with Crippen LogP contribution in [0.15, 0.2) is 18.2 Å². The van der Waals surface area contributed by atoms with Gasteiger partial charge in [-0.2, -0.15) is 0 Å². The molecule has 3 rings (SSSR count). The molecule has 0 saturated carbocycles. The molecule has 2 heterocycles. The number of carboxylic acids is 1. The third-order valence-corrected chi connectivity index (χ3v) is 4.06. The number of carboxylic acid groups (broad SMARTS) is 1. The smallest absolute Gasteiger partial charge is 0.308 e. The Kier molecular flexibility index (Phi) is 2.35. The molecule has 17 heavy (non-hydrogen) atoms. The van der Waals surface area contributed by atoms with E-state index in [4.69, 9.17) is 5.11 Å². The van der Waals surface area contributed by atoms with Crippen molar-refractivity contribution in [3.63, 3.8) is 0 Å². The Balaban J connectivity index is 1.90. The fourth-order valence-electron chi connectivity index (χ4n) is 3.15. The number of aryl methyl sites for hydroxylation is 1. The van der Waals surface area contributed by atoms with Crippen LogP contribution in [0.3, 0.4) is 0 Å². The molecule has 3 nitrogen and oxygen atoms in total. The number of hydrogen-bond donors (Lipinski definition) is 1. The van der Waals surface area contributed by atoms with E-state index in [1.807, 2.05) is 0 Å². The Bertz CT molecular complexity index is 469. The van der Waals surface area contributed by atoms with Crippen LogP contribution in [0.2, 0.25) is 0 Å². The summed E-state index contributed by atoms with van der Waals surface area (Å²) in [6.45, 7) is 2.79. The summed E-state index contributed by atoms with van der Waals surface area (Å²) in [6, 6.07) is 7.03. The van der Waals surface area contributed by atoms with Crippen molar-refractivity contribution in [1.29, 1.82) is 0 Å². The fraction of sp³-hybridized carbons (Fsp3) is 0.500. The normalized spacial score (nSPS) is 26.5. The van der Waals surface area contributed by atoms with Gasteiger partial charge in [0.2, 0.25) is 0 Å². The van der Waals surface area contributed by atoms with Gasteiger partial charge >= 0.3 is 5.97 Å². The SMILES string of the molecule is Cc1ccc2c(c1)CC1CCC(C(=O)O)CN21. The number of anilines is 1. The Hall–Kier alpha value is -1.51. The van der Waals surface area contributed by atoms with Crippen molar-refractivity contribution in [2.24, 2.45) is 5.92 Å². The van der Waals surface area contributed by atoms with Gasteiger partial charge in [-0.15, -0.1) is 0 Å². The van der Waals surface area contributed by atoms with E-state index in [1.165, 1.54) is 16.8 Å². The van der Waals surface area contributed by atoms with Gasteiger partial charge in [0, 0.05) is 18.3 Å². The van der Waals surface area contributed by atoms with Crippen molar-refractivity contribution >= 4 is 11.7 Å². The third kappa shape index (κ3) is 1.70. The maximum absolute atomic E-state index is 11.1. The minimum Gasteiger partial charge on any atom is -0.481 e. The molecule has 90 valence electrons. The Morgan fingerprint density at radius 3 is 3.00 bits per heavy atom. The molecule has 0 radical (unpaired) electrons. The van der Waals surface area contributed by atoms with Crippen LogP contribution < -0.4 is 4.90 Å². The first-order valence-electron chi connectivity index (χ1n) is 6.24. The fourth-order valence-corrected chi connectivity index (χ4v) is 3.15. The second kappa shape index (κ2) is 3.76. The number of piperidine rings is 1. The van der Waals surface area contributed by atoms with Crippen LogP contribution in [0.1, 0.15) is 24.0 Å². The third-order valence-electron chi connectivity index (χ3n) is 4.06. The molecule has 2 aliphatic rings. The van der Waals surface area contributed by atoms with Crippen molar-refractivity contribution in [2.75, 3.05) is 11.4 Å². The number of carbonyl (C=O) groups is 1. The Morgan fingerprint density at radius 2 is 2.24 bits per heavy atom. The van der Waals surface area contributed by atoms with Gasteiger partial charge in [0.1, 0.15) is 0 Å². The molecular formula is C14H17NO2. The first-order chi connectivity index (χ1) is 8.15.